The molecular weight excluding hydrogens is 460 g/mol. The highest BCUT2D eigenvalue weighted by Crippen LogP contribution is 2.22. The fraction of sp³-hybridized carbons (Fsp3) is 0.385. The SMILES string of the molecule is CCn1c(SCC(=O)N2CCN(c3ccccc3)CC2)nnc1[C@@H](C)NC(=O)c1ccc(C)cc1. The second-order valence-electron chi connectivity index (χ2n) is 8.64. The van der Waals surface area contributed by atoms with Gasteiger partial charge in [-0.25, -0.2) is 0 Å². The molecule has 1 aliphatic heterocycles. The topological polar surface area (TPSA) is 83.4 Å². The van der Waals surface area contributed by atoms with Gasteiger partial charge in [0.25, 0.3) is 5.91 Å². The van der Waals surface area contributed by atoms with E-state index in [-0.39, 0.29) is 17.9 Å². The standard InChI is InChI=1S/C26H32N6O2S/c1-4-32-24(20(3)27-25(34)21-12-10-19(2)11-13-21)28-29-26(32)35-18-23(33)31-16-14-30(15-17-31)22-8-6-5-7-9-22/h5-13,20H,4,14-18H2,1-3H3,(H,27,34)/t20-/m1/s1. The predicted octanol–water partition coefficient (Wildman–Crippen LogP) is 3.54. The molecule has 0 radical (unpaired) electrons. The quantitative estimate of drug-likeness (QED) is 0.485. The third-order valence-electron chi connectivity index (χ3n) is 6.19. The lowest BCUT2D eigenvalue weighted by Crippen LogP contribution is -2.49. The van der Waals surface area contributed by atoms with E-state index in [0.29, 0.717) is 41.9 Å². The first-order valence-electron chi connectivity index (χ1n) is 12.0. The second-order valence-corrected chi connectivity index (χ2v) is 9.58. The number of carbonyl (C=O) groups is 2. The number of nitrogens with one attached hydrogen (secondary N) is 1. The number of thioether (sulfide) groups is 1. The van der Waals surface area contributed by atoms with Crippen LogP contribution in [0, 0.1) is 6.92 Å². The van der Waals surface area contributed by atoms with Gasteiger partial charge >= 0.3 is 0 Å². The van der Waals surface area contributed by atoms with Gasteiger partial charge in [-0.15, -0.1) is 10.2 Å². The van der Waals surface area contributed by atoms with Crippen LogP contribution in [0.5, 0.6) is 0 Å². The van der Waals surface area contributed by atoms with E-state index in [1.54, 1.807) is 0 Å². The number of para-hydroxylation sites is 1. The zero-order valence-electron chi connectivity index (χ0n) is 20.5. The molecule has 4 rings (SSSR count). The van der Waals surface area contributed by atoms with E-state index in [1.807, 2.05) is 72.7 Å². The van der Waals surface area contributed by atoms with Gasteiger partial charge in [0.2, 0.25) is 5.91 Å². The molecule has 8 nitrogen and oxygen atoms in total. The van der Waals surface area contributed by atoms with Crippen LogP contribution in [0.15, 0.2) is 59.8 Å². The smallest absolute Gasteiger partial charge is 0.251 e. The Morgan fingerprint density at radius 3 is 2.34 bits per heavy atom. The fourth-order valence-corrected chi connectivity index (χ4v) is 5.06. The molecule has 0 unspecified atom stereocenters. The van der Waals surface area contributed by atoms with Crippen LogP contribution in [-0.2, 0) is 11.3 Å². The zero-order chi connectivity index (χ0) is 24.8. The Hall–Kier alpha value is -3.33. The van der Waals surface area contributed by atoms with E-state index < -0.39 is 0 Å². The van der Waals surface area contributed by atoms with E-state index in [9.17, 15) is 9.59 Å². The second kappa shape index (κ2) is 11.4. The highest BCUT2D eigenvalue weighted by Gasteiger charge is 2.23. The van der Waals surface area contributed by atoms with E-state index in [2.05, 4.69) is 32.5 Å². The van der Waals surface area contributed by atoms with Crippen molar-refractivity contribution in [1.29, 1.82) is 0 Å². The van der Waals surface area contributed by atoms with Gasteiger partial charge in [-0.3, -0.25) is 9.59 Å². The summed E-state index contributed by atoms with van der Waals surface area (Å²) in [7, 11) is 0. The number of amides is 2. The molecule has 0 aliphatic carbocycles. The van der Waals surface area contributed by atoms with Gasteiger partial charge in [-0.2, -0.15) is 0 Å². The Morgan fingerprint density at radius 1 is 1.00 bits per heavy atom. The third kappa shape index (κ3) is 6.03. The summed E-state index contributed by atoms with van der Waals surface area (Å²) in [5.41, 5.74) is 2.91. The number of anilines is 1. The molecule has 2 aromatic carbocycles. The molecule has 1 aliphatic rings. The summed E-state index contributed by atoms with van der Waals surface area (Å²) in [5.74, 6) is 0.949. The third-order valence-corrected chi connectivity index (χ3v) is 7.14. The molecule has 1 aromatic heterocycles. The Bertz CT molecular complexity index is 1140. The van der Waals surface area contributed by atoms with Crippen molar-refractivity contribution in [3.63, 3.8) is 0 Å². The van der Waals surface area contributed by atoms with Crippen molar-refractivity contribution in [1.82, 2.24) is 25.0 Å². The van der Waals surface area contributed by atoms with Crippen molar-refractivity contribution in [3.8, 4) is 0 Å². The molecule has 0 spiro atoms. The predicted molar refractivity (Wildman–Crippen MR) is 139 cm³/mol. The number of rotatable bonds is 8. The molecule has 0 saturated carbocycles. The van der Waals surface area contributed by atoms with E-state index >= 15 is 0 Å². The maximum absolute atomic E-state index is 12.9. The first kappa shape index (κ1) is 24.8. The minimum absolute atomic E-state index is 0.107. The first-order valence-corrected chi connectivity index (χ1v) is 13.0. The number of carbonyl (C=O) groups excluding carboxylic acids is 2. The van der Waals surface area contributed by atoms with Gasteiger partial charge in [0.15, 0.2) is 11.0 Å². The van der Waals surface area contributed by atoms with Crippen molar-refractivity contribution in [3.05, 3.63) is 71.5 Å². The fourth-order valence-electron chi connectivity index (χ4n) is 4.14. The highest BCUT2D eigenvalue weighted by molar-refractivity contribution is 7.99. The van der Waals surface area contributed by atoms with E-state index in [1.165, 1.54) is 17.4 Å². The number of piperazine rings is 1. The molecule has 1 N–H and O–H groups in total. The molecule has 1 saturated heterocycles. The van der Waals surface area contributed by atoms with Crippen LogP contribution in [-0.4, -0.2) is 63.4 Å². The number of hydrogen-bond donors (Lipinski definition) is 1. The molecule has 2 amide bonds. The Morgan fingerprint density at radius 2 is 1.69 bits per heavy atom. The molecule has 1 fully saturated rings. The van der Waals surface area contributed by atoms with Crippen molar-refractivity contribution >= 4 is 29.3 Å². The highest BCUT2D eigenvalue weighted by atomic mass is 32.2. The minimum atomic E-state index is -0.313. The maximum Gasteiger partial charge on any atom is 0.251 e. The number of hydrogen-bond acceptors (Lipinski definition) is 6. The van der Waals surface area contributed by atoms with E-state index in [0.717, 1.165) is 18.7 Å². The summed E-state index contributed by atoms with van der Waals surface area (Å²) in [5, 5.41) is 12.3. The van der Waals surface area contributed by atoms with Gasteiger partial charge in [0.05, 0.1) is 11.8 Å². The molecule has 3 aromatic rings. The summed E-state index contributed by atoms with van der Waals surface area (Å²) in [6.45, 7) is 9.62. The van der Waals surface area contributed by atoms with Crippen LogP contribution >= 0.6 is 11.8 Å². The molecule has 184 valence electrons. The van der Waals surface area contributed by atoms with Crippen LogP contribution in [0.1, 0.15) is 41.6 Å². The van der Waals surface area contributed by atoms with Crippen molar-refractivity contribution in [2.75, 3.05) is 36.8 Å². The zero-order valence-corrected chi connectivity index (χ0v) is 21.3. The van der Waals surface area contributed by atoms with Gasteiger partial charge in [0, 0.05) is 44.0 Å². The average molecular weight is 493 g/mol. The summed E-state index contributed by atoms with van der Waals surface area (Å²) < 4.78 is 1.96. The lowest BCUT2D eigenvalue weighted by atomic mass is 10.1. The maximum atomic E-state index is 12.9. The van der Waals surface area contributed by atoms with Gasteiger partial charge in [0.1, 0.15) is 0 Å². The Kier molecular flexibility index (Phi) is 8.07. The summed E-state index contributed by atoms with van der Waals surface area (Å²) in [6.07, 6.45) is 0. The summed E-state index contributed by atoms with van der Waals surface area (Å²) in [4.78, 5) is 29.7. The molecule has 0 bridgehead atoms. The van der Waals surface area contributed by atoms with Crippen LogP contribution in [0.2, 0.25) is 0 Å². The van der Waals surface area contributed by atoms with Crippen molar-refractivity contribution < 1.29 is 9.59 Å². The Balaban J connectivity index is 1.31. The minimum Gasteiger partial charge on any atom is -0.368 e. The van der Waals surface area contributed by atoms with Crippen LogP contribution in [0.3, 0.4) is 0 Å². The molecule has 9 heteroatoms. The average Bonchev–Trinajstić information content (AvgIpc) is 3.31. The van der Waals surface area contributed by atoms with Crippen molar-refractivity contribution in [2.24, 2.45) is 0 Å². The number of aromatic nitrogens is 3. The van der Waals surface area contributed by atoms with Gasteiger partial charge in [-0.1, -0.05) is 47.7 Å². The van der Waals surface area contributed by atoms with Gasteiger partial charge < -0.3 is 19.7 Å². The molecule has 35 heavy (non-hydrogen) atoms. The molecule has 2 heterocycles. The number of aryl methyl sites for hydroxylation is 1. The Labute approximate surface area is 210 Å². The number of nitrogens with zero attached hydrogens (tertiary/aromatic N) is 5. The monoisotopic (exact) mass is 492 g/mol. The lowest BCUT2D eigenvalue weighted by Gasteiger charge is -2.36. The molecular formula is C26H32N6O2S. The summed E-state index contributed by atoms with van der Waals surface area (Å²) in [6, 6.07) is 17.4. The first-order chi connectivity index (χ1) is 17.0. The van der Waals surface area contributed by atoms with Crippen LogP contribution < -0.4 is 10.2 Å². The van der Waals surface area contributed by atoms with Crippen LogP contribution in [0.4, 0.5) is 5.69 Å². The largest absolute Gasteiger partial charge is 0.368 e. The normalized spacial score (nSPS) is 14.6. The summed E-state index contributed by atoms with van der Waals surface area (Å²) >= 11 is 1.40. The van der Waals surface area contributed by atoms with Crippen molar-refractivity contribution in [2.45, 2.75) is 38.5 Å². The van der Waals surface area contributed by atoms with E-state index in [4.69, 9.17) is 0 Å². The van der Waals surface area contributed by atoms with Crippen LogP contribution in [0.25, 0.3) is 0 Å². The number of benzene rings is 2. The molecule has 1 atom stereocenters. The lowest BCUT2D eigenvalue weighted by molar-refractivity contribution is -0.128. The van der Waals surface area contributed by atoms with Gasteiger partial charge in [-0.05, 0) is 45.0 Å².